The molecule has 0 fully saturated rings. The molecule has 0 saturated heterocycles. The van der Waals surface area contributed by atoms with E-state index in [2.05, 4.69) is 39.1 Å². The van der Waals surface area contributed by atoms with Gasteiger partial charge < -0.3 is 10.1 Å². The first-order valence-corrected chi connectivity index (χ1v) is 9.49. The van der Waals surface area contributed by atoms with Crippen LogP contribution >= 0.6 is 11.3 Å². The van der Waals surface area contributed by atoms with Crippen molar-refractivity contribution in [3.8, 4) is 0 Å². The lowest BCUT2D eigenvalue weighted by Gasteiger charge is -2.35. The van der Waals surface area contributed by atoms with Crippen molar-refractivity contribution in [3.05, 3.63) is 57.8 Å². The summed E-state index contributed by atoms with van der Waals surface area (Å²) in [5, 5.41) is 7.09. The molecule has 1 aromatic heterocycles. The van der Waals surface area contributed by atoms with Gasteiger partial charge in [-0.1, -0.05) is 30.3 Å². The normalized spacial score (nSPS) is 16.7. The van der Waals surface area contributed by atoms with E-state index in [4.69, 9.17) is 4.74 Å². The maximum atomic E-state index is 12.3. The van der Waals surface area contributed by atoms with Crippen molar-refractivity contribution in [1.29, 1.82) is 0 Å². The number of nitrogens with zero attached hydrogens (tertiary/aromatic N) is 1. The van der Waals surface area contributed by atoms with Crippen LogP contribution in [0.4, 0.5) is 4.79 Å². The molecule has 3 rings (SSSR count). The van der Waals surface area contributed by atoms with E-state index in [0.717, 1.165) is 18.5 Å². The number of methoxy groups -OCH3 is 1. The predicted molar refractivity (Wildman–Crippen MR) is 101 cm³/mol. The molecule has 1 aliphatic heterocycles. The summed E-state index contributed by atoms with van der Waals surface area (Å²) in [4.78, 5) is 27.6. The van der Waals surface area contributed by atoms with E-state index < -0.39 is 6.03 Å². The second-order valence-corrected chi connectivity index (χ2v) is 7.13. The van der Waals surface area contributed by atoms with E-state index in [0.29, 0.717) is 13.2 Å². The van der Waals surface area contributed by atoms with E-state index in [1.807, 2.05) is 18.2 Å². The topological polar surface area (TPSA) is 70.7 Å². The average molecular weight is 373 g/mol. The van der Waals surface area contributed by atoms with E-state index in [9.17, 15) is 9.59 Å². The molecule has 0 spiro atoms. The molecule has 0 saturated carbocycles. The van der Waals surface area contributed by atoms with Crippen molar-refractivity contribution in [2.24, 2.45) is 0 Å². The van der Waals surface area contributed by atoms with Gasteiger partial charge >= 0.3 is 6.03 Å². The summed E-state index contributed by atoms with van der Waals surface area (Å²) >= 11 is 1.76. The number of nitrogens with one attached hydrogen (secondary N) is 2. The monoisotopic (exact) mass is 373 g/mol. The van der Waals surface area contributed by atoms with Crippen LogP contribution in [0.15, 0.2) is 41.8 Å². The van der Waals surface area contributed by atoms with Crippen LogP contribution < -0.4 is 10.6 Å². The Morgan fingerprint density at radius 3 is 2.85 bits per heavy atom. The predicted octanol–water partition coefficient (Wildman–Crippen LogP) is 2.17. The summed E-state index contributed by atoms with van der Waals surface area (Å²) in [5.41, 5.74) is 2.41. The number of amides is 3. The van der Waals surface area contributed by atoms with Gasteiger partial charge in [-0.05, 0) is 29.0 Å². The van der Waals surface area contributed by atoms with Gasteiger partial charge in [-0.3, -0.25) is 15.0 Å². The molecule has 7 heteroatoms. The molecule has 138 valence electrons. The van der Waals surface area contributed by atoms with Gasteiger partial charge in [-0.25, -0.2) is 4.79 Å². The fourth-order valence-electron chi connectivity index (χ4n) is 3.23. The molecule has 0 aliphatic carbocycles. The Labute approximate surface area is 157 Å². The Morgan fingerprint density at radius 2 is 2.08 bits per heavy atom. The number of carbonyl (C=O) groups excluding carboxylic acids is 2. The molecule has 26 heavy (non-hydrogen) atoms. The van der Waals surface area contributed by atoms with Crippen molar-refractivity contribution >= 4 is 23.3 Å². The Bertz CT molecular complexity index is 747. The minimum atomic E-state index is -0.489. The molecule has 3 amide bonds. The zero-order chi connectivity index (χ0) is 18.4. The molecule has 1 aromatic carbocycles. The quantitative estimate of drug-likeness (QED) is 0.762. The number of thiophene rings is 1. The Kier molecular flexibility index (Phi) is 6.38. The molecular weight excluding hydrogens is 350 g/mol. The van der Waals surface area contributed by atoms with Crippen molar-refractivity contribution in [1.82, 2.24) is 15.5 Å². The van der Waals surface area contributed by atoms with Gasteiger partial charge in [0.25, 0.3) is 0 Å². The first kappa shape index (κ1) is 18.6. The van der Waals surface area contributed by atoms with Gasteiger partial charge in [0, 0.05) is 25.1 Å². The number of benzene rings is 1. The summed E-state index contributed by atoms with van der Waals surface area (Å²) in [6, 6.07) is 11.9. The number of imide groups is 1. The van der Waals surface area contributed by atoms with Crippen molar-refractivity contribution in [3.63, 3.8) is 0 Å². The van der Waals surface area contributed by atoms with Crippen LogP contribution in [0.2, 0.25) is 0 Å². The number of carbonyl (C=O) groups is 2. The molecular formula is C19H23N3O3S. The SMILES string of the molecule is COCCNC(=O)NC(=O)CN1CCc2sccc2C1c1ccccc1. The molecule has 0 bridgehead atoms. The van der Waals surface area contributed by atoms with Crippen molar-refractivity contribution < 1.29 is 14.3 Å². The fourth-order valence-corrected chi connectivity index (χ4v) is 4.13. The summed E-state index contributed by atoms with van der Waals surface area (Å²) in [7, 11) is 1.56. The van der Waals surface area contributed by atoms with Gasteiger partial charge in [-0.2, -0.15) is 0 Å². The first-order valence-electron chi connectivity index (χ1n) is 8.61. The summed E-state index contributed by atoms with van der Waals surface area (Å²) in [6.45, 7) is 1.73. The highest BCUT2D eigenvalue weighted by Gasteiger charge is 2.30. The number of rotatable bonds is 6. The highest BCUT2D eigenvalue weighted by molar-refractivity contribution is 7.10. The smallest absolute Gasteiger partial charge is 0.321 e. The molecule has 6 nitrogen and oxygen atoms in total. The number of hydrogen-bond acceptors (Lipinski definition) is 5. The third-order valence-corrected chi connectivity index (χ3v) is 5.37. The van der Waals surface area contributed by atoms with Gasteiger partial charge in [-0.15, -0.1) is 11.3 Å². The van der Waals surface area contributed by atoms with Gasteiger partial charge in [0.05, 0.1) is 19.2 Å². The van der Waals surface area contributed by atoms with Gasteiger partial charge in [0.2, 0.25) is 5.91 Å². The lowest BCUT2D eigenvalue weighted by Crippen LogP contribution is -2.47. The third kappa shape index (κ3) is 4.49. The van der Waals surface area contributed by atoms with E-state index in [-0.39, 0.29) is 18.5 Å². The second-order valence-electron chi connectivity index (χ2n) is 6.13. The van der Waals surface area contributed by atoms with Crippen LogP contribution in [0, 0.1) is 0 Å². The maximum absolute atomic E-state index is 12.3. The van der Waals surface area contributed by atoms with Crippen molar-refractivity contribution in [2.45, 2.75) is 12.5 Å². The van der Waals surface area contributed by atoms with E-state index >= 15 is 0 Å². The van der Waals surface area contributed by atoms with Crippen LogP contribution in [0.5, 0.6) is 0 Å². The van der Waals surface area contributed by atoms with Gasteiger partial charge in [0.1, 0.15) is 0 Å². The zero-order valence-corrected chi connectivity index (χ0v) is 15.6. The lowest BCUT2D eigenvalue weighted by molar-refractivity contribution is -0.121. The third-order valence-electron chi connectivity index (χ3n) is 4.37. The zero-order valence-electron chi connectivity index (χ0n) is 14.7. The van der Waals surface area contributed by atoms with Crippen LogP contribution in [-0.4, -0.2) is 50.2 Å². The van der Waals surface area contributed by atoms with Crippen LogP contribution in [-0.2, 0) is 16.0 Å². The number of hydrogen-bond donors (Lipinski definition) is 2. The highest BCUT2D eigenvalue weighted by Crippen LogP contribution is 2.37. The Hall–Kier alpha value is -2.22. The number of fused-ring (bicyclic) bond motifs is 1. The van der Waals surface area contributed by atoms with E-state index in [1.54, 1.807) is 18.4 Å². The van der Waals surface area contributed by atoms with Crippen LogP contribution in [0.3, 0.4) is 0 Å². The first-order chi connectivity index (χ1) is 12.7. The van der Waals surface area contributed by atoms with Crippen molar-refractivity contribution in [2.75, 3.05) is 33.4 Å². The molecule has 1 aliphatic rings. The molecule has 1 unspecified atom stereocenters. The lowest BCUT2D eigenvalue weighted by atomic mass is 9.93. The highest BCUT2D eigenvalue weighted by atomic mass is 32.1. The van der Waals surface area contributed by atoms with Crippen LogP contribution in [0.25, 0.3) is 0 Å². The number of ether oxygens (including phenoxy) is 1. The largest absolute Gasteiger partial charge is 0.383 e. The maximum Gasteiger partial charge on any atom is 0.321 e. The molecule has 2 N–H and O–H groups in total. The fraction of sp³-hybridized carbons (Fsp3) is 0.368. The molecule has 0 radical (unpaired) electrons. The average Bonchev–Trinajstić information content (AvgIpc) is 3.11. The van der Waals surface area contributed by atoms with Crippen LogP contribution in [0.1, 0.15) is 22.0 Å². The summed E-state index contributed by atoms with van der Waals surface area (Å²) < 4.78 is 4.87. The minimum absolute atomic E-state index is 0.0357. The minimum Gasteiger partial charge on any atom is -0.383 e. The second kappa shape index (κ2) is 8.93. The van der Waals surface area contributed by atoms with E-state index in [1.165, 1.54) is 10.4 Å². The Morgan fingerprint density at radius 1 is 1.27 bits per heavy atom. The Balaban J connectivity index is 1.68. The van der Waals surface area contributed by atoms with Gasteiger partial charge in [0.15, 0.2) is 0 Å². The number of urea groups is 1. The molecule has 2 heterocycles. The summed E-state index contributed by atoms with van der Waals surface area (Å²) in [6.07, 6.45) is 0.920. The standard InChI is InChI=1S/C19H23N3O3S/c1-25-11-9-20-19(24)21-17(23)13-22-10-7-16-15(8-12-26-16)18(22)14-5-3-2-4-6-14/h2-6,8,12,18H,7,9-11,13H2,1H3,(H2,20,21,23,24). The molecule has 1 atom stereocenters. The molecule has 2 aromatic rings. The summed E-state index contributed by atoms with van der Waals surface area (Å²) in [5.74, 6) is -0.306.